The molecule has 0 aliphatic carbocycles. The Morgan fingerprint density at radius 2 is 2.10 bits per heavy atom. The van der Waals surface area contributed by atoms with Gasteiger partial charge in [-0.25, -0.2) is 4.98 Å². The zero-order valence-electron chi connectivity index (χ0n) is 13.1. The molecule has 4 heteroatoms. The highest BCUT2D eigenvalue weighted by Gasteiger charge is 2.23. The molecule has 112 valence electrons. The molecule has 20 heavy (non-hydrogen) atoms. The second-order valence-electron chi connectivity index (χ2n) is 5.79. The summed E-state index contributed by atoms with van der Waals surface area (Å²) in [5, 5.41) is 4.91. The topological polar surface area (TPSA) is 28.2 Å². The number of nitrogens with one attached hydrogen (secondary N) is 1. The summed E-state index contributed by atoms with van der Waals surface area (Å²) in [4.78, 5) is 7.02. The minimum absolute atomic E-state index is 0.394. The van der Waals surface area contributed by atoms with E-state index in [0.717, 1.165) is 25.5 Å². The lowest BCUT2D eigenvalue weighted by Gasteiger charge is -2.35. The van der Waals surface area contributed by atoms with Crippen LogP contribution in [0.15, 0.2) is 18.3 Å². The van der Waals surface area contributed by atoms with Gasteiger partial charge in [0.2, 0.25) is 0 Å². The van der Waals surface area contributed by atoms with Crippen molar-refractivity contribution in [3.63, 3.8) is 0 Å². The Bertz CT molecular complexity index is 414. The molecule has 1 fully saturated rings. The first kappa shape index (κ1) is 15.6. The van der Waals surface area contributed by atoms with E-state index in [2.05, 4.69) is 66.8 Å². The van der Waals surface area contributed by atoms with Gasteiger partial charge in [-0.15, -0.1) is 0 Å². The Labute approximate surface area is 127 Å². The number of hydrogen-bond acceptors (Lipinski definition) is 4. The maximum Gasteiger partial charge on any atom is 0.128 e. The molecule has 0 bridgehead atoms. The second-order valence-corrected chi connectivity index (χ2v) is 7.67. The van der Waals surface area contributed by atoms with Gasteiger partial charge < -0.3 is 10.2 Å². The maximum absolute atomic E-state index is 4.58. The SMILES string of the molecule is CCCNC(C)c1ccnc(N2CC(C)SC(C)C2)c1. The van der Waals surface area contributed by atoms with E-state index in [1.54, 1.807) is 0 Å². The van der Waals surface area contributed by atoms with E-state index in [1.807, 2.05) is 6.20 Å². The standard InChI is InChI=1S/C16H27N3S/c1-5-7-17-14(4)15-6-8-18-16(9-15)19-10-12(2)20-13(3)11-19/h6,8-9,12-14,17H,5,7,10-11H2,1-4H3. The summed E-state index contributed by atoms with van der Waals surface area (Å²) in [7, 11) is 0. The van der Waals surface area contributed by atoms with Crippen LogP contribution in [0.3, 0.4) is 0 Å². The maximum atomic E-state index is 4.58. The van der Waals surface area contributed by atoms with Crippen molar-refractivity contribution in [3.8, 4) is 0 Å². The molecule has 1 aromatic rings. The molecule has 0 saturated carbocycles. The smallest absolute Gasteiger partial charge is 0.128 e. The normalized spacial score (nSPS) is 24.7. The molecule has 1 aliphatic heterocycles. The number of hydrogen-bond donors (Lipinski definition) is 1. The zero-order valence-corrected chi connectivity index (χ0v) is 13.9. The summed E-state index contributed by atoms with van der Waals surface area (Å²) in [6.07, 6.45) is 3.12. The Kier molecular flexibility index (Phi) is 5.73. The molecular formula is C16H27N3S. The second kappa shape index (κ2) is 7.32. The molecule has 3 nitrogen and oxygen atoms in total. The number of pyridine rings is 1. The molecule has 1 N–H and O–H groups in total. The van der Waals surface area contributed by atoms with Crippen LogP contribution < -0.4 is 10.2 Å². The molecule has 0 radical (unpaired) electrons. The molecule has 0 spiro atoms. The van der Waals surface area contributed by atoms with Crippen LogP contribution in [0, 0.1) is 0 Å². The fraction of sp³-hybridized carbons (Fsp3) is 0.688. The van der Waals surface area contributed by atoms with Gasteiger partial charge in [-0.05, 0) is 37.6 Å². The number of aromatic nitrogens is 1. The minimum Gasteiger partial charge on any atom is -0.354 e. The van der Waals surface area contributed by atoms with Crippen LogP contribution in [-0.2, 0) is 0 Å². The van der Waals surface area contributed by atoms with Crippen molar-refractivity contribution < 1.29 is 0 Å². The third-order valence-electron chi connectivity index (χ3n) is 3.71. The van der Waals surface area contributed by atoms with Gasteiger partial charge in [-0.2, -0.15) is 11.8 Å². The van der Waals surface area contributed by atoms with E-state index in [0.29, 0.717) is 16.5 Å². The lowest BCUT2D eigenvalue weighted by molar-refractivity contribution is 0.569. The van der Waals surface area contributed by atoms with Gasteiger partial charge >= 0.3 is 0 Å². The highest BCUT2D eigenvalue weighted by Crippen LogP contribution is 2.28. The predicted octanol–water partition coefficient (Wildman–Crippen LogP) is 3.47. The first-order valence-electron chi connectivity index (χ1n) is 7.70. The van der Waals surface area contributed by atoms with Crippen LogP contribution in [0.1, 0.15) is 45.7 Å². The largest absolute Gasteiger partial charge is 0.354 e. The molecule has 1 aromatic heterocycles. The highest BCUT2D eigenvalue weighted by molar-refractivity contribution is 8.00. The van der Waals surface area contributed by atoms with Gasteiger partial charge in [-0.3, -0.25) is 0 Å². The summed E-state index contributed by atoms with van der Waals surface area (Å²) >= 11 is 2.08. The molecule has 0 amide bonds. The fourth-order valence-electron chi connectivity index (χ4n) is 2.72. The first-order valence-corrected chi connectivity index (χ1v) is 8.64. The van der Waals surface area contributed by atoms with Crippen LogP contribution in [0.5, 0.6) is 0 Å². The lowest BCUT2D eigenvalue weighted by atomic mass is 10.1. The number of thioether (sulfide) groups is 1. The van der Waals surface area contributed by atoms with Crippen LogP contribution in [-0.4, -0.2) is 35.1 Å². The third-order valence-corrected chi connectivity index (χ3v) is 4.94. The van der Waals surface area contributed by atoms with Gasteiger partial charge in [0.05, 0.1) is 0 Å². The van der Waals surface area contributed by atoms with E-state index < -0.39 is 0 Å². The molecular weight excluding hydrogens is 266 g/mol. The van der Waals surface area contributed by atoms with Crippen molar-refractivity contribution in [2.75, 3.05) is 24.5 Å². The molecule has 2 heterocycles. The van der Waals surface area contributed by atoms with E-state index >= 15 is 0 Å². The summed E-state index contributed by atoms with van der Waals surface area (Å²) in [6, 6.07) is 4.77. The Morgan fingerprint density at radius 3 is 2.75 bits per heavy atom. The average molecular weight is 293 g/mol. The molecule has 3 atom stereocenters. The number of anilines is 1. The van der Waals surface area contributed by atoms with Crippen molar-refractivity contribution in [1.82, 2.24) is 10.3 Å². The third kappa shape index (κ3) is 4.13. The Balaban J connectivity index is 2.08. The van der Waals surface area contributed by atoms with Crippen molar-refractivity contribution in [1.29, 1.82) is 0 Å². The highest BCUT2D eigenvalue weighted by atomic mass is 32.2. The van der Waals surface area contributed by atoms with Crippen LogP contribution >= 0.6 is 11.8 Å². The average Bonchev–Trinajstić information content (AvgIpc) is 2.44. The number of nitrogens with zero attached hydrogens (tertiary/aromatic N) is 2. The quantitative estimate of drug-likeness (QED) is 0.900. The first-order chi connectivity index (χ1) is 9.60. The monoisotopic (exact) mass is 293 g/mol. The van der Waals surface area contributed by atoms with E-state index in [9.17, 15) is 0 Å². The number of rotatable bonds is 5. The van der Waals surface area contributed by atoms with Crippen molar-refractivity contribution in [2.24, 2.45) is 0 Å². The van der Waals surface area contributed by atoms with Crippen LogP contribution in [0.2, 0.25) is 0 Å². The minimum atomic E-state index is 0.394. The van der Waals surface area contributed by atoms with E-state index in [4.69, 9.17) is 0 Å². The van der Waals surface area contributed by atoms with Crippen molar-refractivity contribution in [2.45, 2.75) is 50.7 Å². The Morgan fingerprint density at radius 1 is 1.40 bits per heavy atom. The summed E-state index contributed by atoms with van der Waals surface area (Å²) < 4.78 is 0. The molecule has 1 saturated heterocycles. The van der Waals surface area contributed by atoms with E-state index in [-0.39, 0.29) is 0 Å². The van der Waals surface area contributed by atoms with Gasteiger partial charge in [0, 0.05) is 35.8 Å². The molecule has 3 unspecified atom stereocenters. The summed E-state index contributed by atoms with van der Waals surface area (Å²) in [5.74, 6) is 1.13. The Hall–Kier alpha value is -0.740. The predicted molar refractivity (Wildman–Crippen MR) is 89.7 cm³/mol. The van der Waals surface area contributed by atoms with Crippen molar-refractivity contribution in [3.05, 3.63) is 23.9 Å². The van der Waals surface area contributed by atoms with Crippen molar-refractivity contribution >= 4 is 17.6 Å². The molecule has 0 aromatic carbocycles. The summed E-state index contributed by atoms with van der Waals surface area (Å²) in [5.41, 5.74) is 1.34. The molecule has 1 aliphatic rings. The lowest BCUT2D eigenvalue weighted by Crippen LogP contribution is -2.40. The summed E-state index contributed by atoms with van der Waals surface area (Å²) in [6.45, 7) is 12.3. The fourth-order valence-corrected chi connectivity index (χ4v) is 4.05. The van der Waals surface area contributed by atoms with Gasteiger partial charge in [0.15, 0.2) is 0 Å². The molecule has 2 rings (SSSR count). The van der Waals surface area contributed by atoms with Gasteiger partial charge in [0.1, 0.15) is 5.82 Å². The van der Waals surface area contributed by atoms with Gasteiger partial charge in [0.25, 0.3) is 0 Å². The van der Waals surface area contributed by atoms with Crippen LogP contribution in [0.4, 0.5) is 5.82 Å². The zero-order chi connectivity index (χ0) is 14.5. The van der Waals surface area contributed by atoms with Gasteiger partial charge in [-0.1, -0.05) is 20.8 Å². The van der Waals surface area contributed by atoms with E-state index in [1.165, 1.54) is 12.0 Å². The van der Waals surface area contributed by atoms with Crippen LogP contribution in [0.25, 0.3) is 0 Å².